The van der Waals surface area contributed by atoms with Crippen LogP contribution in [-0.2, 0) is 4.79 Å². The van der Waals surface area contributed by atoms with Gasteiger partial charge in [-0.1, -0.05) is 45.9 Å². The number of aliphatic hydroxyl groups is 1. The van der Waals surface area contributed by atoms with Crippen molar-refractivity contribution >= 4 is 23.0 Å². The smallest absolute Gasteiger partial charge is 0.290 e. The van der Waals surface area contributed by atoms with Crippen LogP contribution in [0, 0.1) is 5.92 Å². The van der Waals surface area contributed by atoms with Gasteiger partial charge in [-0.2, -0.15) is 0 Å². The van der Waals surface area contributed by atoms with Gasteiger partial charge < -0.3 is 19.6 Å². The largest absolute Gasteiger partial charge is 0.503 e. The van der Waals surface area contributed by atoms with Crippen LogP contribution in [0.15, 0.2) is 53.1 Å². The van der Waals surface area contributed by atoms with E-state index >= 15 is 0 Å². The van der Waals surface area contributed by atoms with Gasteiger partial charge in [0, 0.05) is 13.1 Å². The van der Waals surface area contributed by atoms with Gasteiger partial charge >= 0.3 is 0 Å². The van der Waals surface area contributed by atoms with Gasteiger partial charge in [0.15, 0.2) is 5.76 Å². The third kappa shape index (κ3) is 5.84. The van der Waals surface area contributed by atoms with Crippen LogP contribution in [0.3, 0.4) is 0 Å². The number of carbonyl (C=O) groups is 2. The molecule has 3 rings (SSSR count). The van der Waals surface area contributed by atoms with Crippen LogP contribution in [0.25, 0.3) is 0 Å². The number of rotatable bonds is 12. The van der Waals surface area contributed by atoms with E-state index in [1.807, 2.05) is 29.6 Å². The van der Waals surface area contributed by atoms with Crippen molar-refractivity contribution < 1.29 is 19.4 Å². The van der Waals surface area contributed by atoms with Gasteiger partial charge in [-0.15, -0.1) is 11.3 Å². The van der Waals surface area contributed by atoms with E-state index in [2.05, 4.69) is 32.6 Å². The maximum Gasteiger partial charge on any atom is 0.290 e. The van der Waals surface area contributed by atoms with Crippen LogP contribution in [0.2, 0.25) is 0 Å². The normalized spacial score (nSPS) is 16.4. The second-order valence-corrected chi connectivity index (χ2v) is 9.55. The molecule has 178 valence electrons. The Morgan fingerprint density at radius 3 is 2.61 bits per heavy atom. The van der Waals surface area contributed by atoms with Gasteiger partial charge in [0.1, 0.15) is 5.75 Å². The lowest BCUT2D eigenvalue weighted by Crippen LogP contribution is -2.38. The number of aliphatic hydroxyl groups excluding tert-OH is 1. The molecule has 1 aromatic heterocycles. The van der Waals surface area contributed by atoms with Crippen molar-refractivity contribution in [2.45, 2.75) is 40.2 Å². The number of ketones is 1. The van der Waals surface area contributed by atoms with Crippen LogP contribution in [0.4, 0.5) is 0 Å². The minimum Gasteiger partial charge on any atom is -0.503 e. The van der Waals surface area contributed by atoms with Crippen LogP contribution in [-0.4, -0.2) is 59.4 Å². The standard InChI is InChI=1S/C26H34N2O4S/c1-5-27(6-2)13-14-28-23(19-9-7-10-20(17-19)32-15-12-18(3)4)22(25(30)26(28)31)24(29)21-11-8-16-33-21/h7-11,16-18,23,30H,5-6,12-15H2,1-4H3. The summed E-state index contributed by atoms with van der Waals surface area (Å²) in [5.74, 6) is -0.0377. The number of nitrogens with zero attached hydrogens (tertiary/aromatic N) is 2. The van der Waals surface area contributed by atoms with Gasteiger partial charge in [-0.3, -0.25) is 9.59 Å². The molecular weight excluding hydrogens is 436 g/mol. The number of ether oxygens (including phenoxy) is 1. The molecular formula is C26H34N2O4S. The highest BCUT2D eigenvalue weighted by Gasteiger charge is 2.44. The number of Topliss-reactive ketones (excluding diaryl/α,β-unsaturated/α-hetero) is 1. The van der Waals surface area contributed by atoms with E-state index in [-0.39, 0.29) is 11.4 Å². The predicted octanol–water partition coefficient (Wildman–Crippen LogP) is 5.09. The lowest BCUT2D eigenvalue weighted by molar-refractivity contribution is -0.129. The Labute approximate surface area is 200 Å². The molecule has 1 aliphatic rings. The van der Waals surface area contributed by atoms with E-state index in [0.717, 1.165) is 25.1 Å². The van der Waals surface area contributed by atoms with E-state index in [1.165, 1.54) is 11.3 Å². The Morgan fingerprint density at radius 2 is 1.97 bits per heavy atom. The Bertz CT molecular complexity index is 980. The third-order valence-electron chi connectivity index (χ3n) is 5.98. The van der Waals surface area contributed by atoms with Crippen molar-refractivity contribution in [3.63, 3.8) is 0 Å². The SMILES string of the molecule is CCN(CC)CCN1C(=O)C(O)=C(C(=O)c2cccs2)C1c1cccc(OCCC(C)C)c1. The van der Waals surface area contributed by atoms with Gasteiger partial charge in [-0.25, -0.2) is 0 Å². The first-order valence-corrected chi connectivity index (χ1v) is 12.5. The van der Waals surface area contributed by atoms with Gasteiger partial charge in [-0.05, 0) is 54.6 Å². The Morgan fingerprint density at radius 1 is 1.21 bits per heavy atom. The maximum absolute atomic E-state index is 13.3. The summed E-state index contributed by atoms with van der Waals surface area (Å²) in [6, 6.07) is 10.4. The molecule has 6 nitrogen and oxygen atoms in total. The lowest BCUT2D eigenvalue weighted by atomic mass is 9.95. The molecule has 0 aliphatic carbocycles. The fourth-order valence-corrected chi connectivity index (χ4v) is 4.66. The van der Waals surface area contributed by atoms with E-state index in [1.54, 1.807) is 17.0 Å². The number of amides is 1. The topological polar surface area (TPSA) is 70.1 Å². The van der Waals surface area contributed by atoms with Crippen molar-refractivity contribution in [2.24, 2.45) is 5.92 Å². The quantitative estimate of drug-likeness (QED) is 0.438. The highest BCUT2D eigenvalue weighted by molar-refractivity contribution is 7.12. The molecule has 0 spiro atoms. The molecule has 1 N–H and O–H groups in total. The van der Waals surface area contributed by atoms with Crippen molar-refractivity contribution in [2.75, 3.05) is 32.8 Å². The summed E-state index contributed by atoms with van der Waals surface area (Å²) in [6.45, 7) is 11.8. The summed E-state index contributed by atoms with van der Waals surface area (Å²) in [7, 11) is 0. The molecule has 0 saturated heterocycles. The Balaban J connectivity index is 1.95. The third-order valence-corrected chi connectivity index (χ3v) is 6.85. The summed E-state index contributed by atoms with van der Waals surface area (Å²) in [5.41, 5.74) is 0.898. The molecule has 2 aromatic rings. The molecule has 0 radical (unpaired) electrons. The molecule has 1 amide bonds. The molecule has 33 heavy (non-hydrogen) atoms. The second kappa shape index (κ2) is 11.5. The summed E-state index contributed by atoms with van der Waals surface area (Å²) in [6.07, 6.45) is 0.935. The highest BCUT2D eigenvalue weighted by atomic mass is 32.1. The number of benzene rings is 1. The van der Waals surface area contributed by atoms with Gasteiger partial charge in [0.25, 0.3) is 5.91 Å². The zero-order valence-corrected chi connectivity index (χ0v) is 20.7. The Kier molecular flexibility index (Phi) is 8.69. The molecule has 0 fully saturated rings. The number of hydrogen-bond acceptors (Lipinski definition) is 6. The van der Waals surface area contributed by atoms with Crippen LogP contribution < -0.4 is 4.74 Å². The van der Waals surface area contributed by atoms with Crippen LogP contribution >= 0.6 is 11.3 Å². The number of carbonyl (C=O) groups excluding carboxylic acids is 2. The monoisotopic (exact) mass is 470 g/mol. The molecule has 1 atom stereocenters. The first-order chi connectivity index (χ1) is 15.9. The number of hydrogen-bond donors (Lipinski definition) is 1. The lowest BCUT2D eigenvalue weighted by Gasteiger charge is -2.29. The first-order valence-electron chi connectivity index (χ1n) is 11.6. The minimum atomic E-state index is -0.656. The van der Waals surface area contributed by atoms with E-state index < -0.39 is 17.7 Å². The Hall–Kier alpha value is -2.64. The van der Waals surface area contributed by atoms with Crippen molar-refractivity contribution in [3.8, 4) is 5.75 Å². The van der Waals surface area contributed by atoms with Gasteiger partial charge in [0.2, 0.25) is 5.78 Å². The van der Waals surface area contributed by atoms with E-state index in [0.29, 0.717) is 36.2 Å². The molecule has 1 aromatic carbocycles. The summed E-state index contributed by atoms with van der Waals surface area (Å²) in [5, 5.41) is 12.6. The number of thiophene rings is 1. The molecule has 0 saturated carbocycles. The zero-order valence-electron chi connectivity index (χ0n) is 19.9. The van der Waals surface area contributed by atoms with E-state index in [4.69, 9.17) is 4.74 Å². The van der Waals surface area contributed by atoms with E-state index in [9.17, 15) is 14.7 Å². The minimum absolute atomic E-state index is 0.140. The molecule has 1 unspecified atom stereocenters. The van der Waals surface area contributed by atoms with Crippen molar-refractivity contribution in [1.82, 2.24) is 9.80 Å². The second-order valence-electron chi connectivity index (χ2n) is 8.60. The molecule has 7 heteroatoms. The average Bonchev–Trinajstić information content (AvgIpc) is 3.42. The molecule has 2 heterocycles. The summed E-state index contributed by atoms with van der Waals surface area (Å²) >= 11 is 1.30. The zero-order chi connectivity index (χ0) is 24.0. The molecule has 1 aliphatic heterocycles. The fraction of sp³-hybridized carbons (Fsp3) is 0.462. The summed E-state index contributed by atoms with van der Waals surface area (Å²) in [4.78, 5) is 30.8. The summed E-state index contributed by atoms with van der Waals surface area (Å²) < 4.78 is 5.93. The van der Waals surface area contributed by atoms with Crippen LogP contribution in [0.5, 0.6) is 5.75 Å². The highest BCUT2D eigenvalue weighted by Crippen LogP contribution is 2.40. The number of likely N-dealkylation sites (N-methyl/N-ethyl adjacent to an activating group) is 1. The van der Waals surface area contributed by atoms with Crippen molar-refractivity contribution in [3.05, 3.63) is 63.6 Å². The first kappa shape index (κ1) is 25.0. The van der Waals surface area contributed by atoms with Crippen LogP contribution in [0.1, 0.15) is 55.4 Å². The predicted molar refractivity (Wildman–Crippen MR) is 132 cm³/mol. The average molecular weight is 471 g/mol. The molecule has 0 bridgehead atoms. The van der Waals surface area contributed by atoms with Crippen molar-refractivity contribution in [1.29, 1.82) is 0 Å². The maximum atomic E-state index is 13.3. The fourth-order valence-electron chi connectivity index (χ4n) is 3.98. The van der Waals surface area contributed by atoms with Gasteiger partial charge in [0.05, 0.1) is 23.1 Å².